The van der Waals surface area contributed by atoms with E-state index in [4.69, 9.17) is 6.42 Å². The van der Waals surface area contributed by atoms with Crippen LogP contribution in [0.2, 0.25) is 0 Å². The Morgan fingerprint density at radius 2 is 2.18 bits per heavy atom. The smallest absolute Gasteiger partial charge is 0.223 e. The molecule has 1 nitrogen and oxygen atoms in total. The van der Waals surface area contributed by atoms with Gasteiger partial charge in [0.1, 0.15) is 5.69 Å². The number of aromatic nitrogens is 1. The first-order chi connectivity index (χ1) is 5.04. The van der Waals surface area contributed by atoms with E-state index in [1.165, 1.54) is 5.38 Å². The highest BCUT2D eigenvalue weighted by Gasteiger charge is 2.34. The maximum absolute atomic E-state index is 11.8. The highest BCUT2D eigenvalue weighted by atomic mass is 32.1. The Hall–Kier alpha value is -1.02. The van der Waals surface area contributed by atoms with Crippen molar-refractivity contribution in [1.29, 1.82) is 0 Å². The van der Waals surface area contributed by atoms with Crippen molar-refractivity contribution < 1.29 is 13.2 Å². The Morgan fingerprint density at radius 3 is 2.45 bits per heavy atom. The van der Waals surface area contributed by atoms with Gasteiger partial charge in [0.15, 0.2) is 5.01 Å². The van der Waals surface area contributed by atoms with Crippen LogP contribution in [0.3, 0.4) is 0 Å². The van der Waals surface area contributed by atoms with Crippen LogP contribution in [0.4, 0.5) is 13.2 Å². The summed E-state index contributed by atoms with van der Waals surface area (Å²) < 4.78 is 35.5. The molecule has 0 N–H and O–H groups in total. The average Bonchev–Trinajstić information content (AvgIpc) is 2.32. The van der Waals surface area contributed by atoms with Gasteiger partial charge in [-0.3, -0.25) is 0 Å². The van der Waals surface area contributed by atoms with E-state index in [-0.39, 0.29) is 5.69 Å². The maximum Gasteiger partial charge on any atom is 0.443 e. The molecule has 0 bridgehead atoms. The average molecular weight is 177 g/mol. The summed E-state index contributed by atoms with van der Waals surface area (Å²) in [4.78, 5) is 3.16. The molecule has 0 amide bonds. The van der Waals surface area contributed by atoms with Gasteiger partial charge in [-0.05, 0) is 5.92 Å². The van der Waals surface area contributed by atoms with Crippen LogP contribution in [-0.2, 0) is 6.18 Å². The molecule has 0 aliphatic carbocycles. The Balaban J connectivity index is 3.01. The third-order valence-corrected chi connectivity index (χ3v) is 1.78. The zero-order valence-corrected chi connectivity index (χ0v) is 5.96. The van der Waals surface area contributed by atoms with Crippen molar-refractivity contribution >= 4 is 11.3 Å². The van der Waals surface area contributed by atoms with E-state index >= 15 is 0 Å². The lowest BCUT2D eigenvalue weighted by molar-refractivity contribution is -0.137. The molecule has 0 radical (unpaired) electrons. The zero-order valence-electron chi connectivity index (χ0n) is 5.14. The Kier molecular flexibility index (Phi) is 1.87. The molecule has 1 aromatic heterocycles. The van der Waals surface area contributed by atoms with Gasteiger partial charge in [-0.1, -0.05) is 0 Å². The number of nitrogens with zero attached hydrogens (tertiary/aromatic N) is 1. The topological polar surface area (TPSA) is 12.9 Å². The van der Waals surface area contributed by atoms with Crippen LogP contribution in [0.25, 0.3) is 0 Å². The lowest BCUT2D eigenvalue weighted by Crippen LogP contribution is -2.03. The van der Waals surface area contributed by atoms with Crippen LogP contribution in [-0.4, -0.2) is 4.98 Å². The molecule has 58 valence electrons. The largest absolute Gasteiger partial charge is 0.443 e. The molecule has 0 spiro atoms. The number of thiazole rings is 1. The van der Waals surface area contributed by atoms with Gasteiger partial charge in [0.25, 0.3) is 0 Å². The van der Waals surface area contributed by atoms with Gasteiger partial charge in [0, 0.05) is 5.38 Å². The molecule has 0 unspecified atom stereocenters. The van der Waals surface area contributed by atoms with Crippen LogP contribution >= 0.6 is 11.3 Å². The van der Waals surface area contributed by atoms with Gasteiger partial charge >= 0.3 is 6.18 Å². The monoisotopic (exact) mass is 177 g/mol. The molecule has 5 heteroatoms. The molecule has 1 heterocycles. The van der Waals surface area contributed by atoms with Crippen molar-refractivity contribution in [3.63, 3.8) is 0 Å². The van der Waals surface area contributed by atoms with Crippen LogP contribution in [0.15, 0.2) is 5.38 Å². The quantitative estimate of drug-likeness (QED) is 0.553. The van der Waals surface area contributed by atoms with Crippen molar-refractivity contribution in [2.75, 3.05) is 0 Å². The van der Waals surface area contributed by atoms with Crippen molar-refractivity contribution in [1.82, 2.24) is 4.98 Å². The van der Waals surface area contributed by atoms with Gasteiger partial charge in [-0.25, -0.2) is 4.98 Å². The second-order valence-electron chi connectivity index (χ2n) is 1.68. The summed E-state index contributed by atoms with van der Waals surface area (Å²) in [6.45, 7) is 0. The fourth-order valence-electron chi connectivity index (χ4n) is 0.470. The number of hydrogen-bond acceptors (Lipinski definition) is 2. The zero-order chi connectivity index (χ0) is 8.48. The highest BCUT2D eigenvalue weighted by molar-refractivity contribution is 7.09. The maximum atomic E-state index is 11.8. The minimum atomic E-state index is -4.38. The predicted molar refractivity (Wildman–Crippen MR) is 35.1 cm³/mol. The Bertz CT molecular complexity index is 294. The van der Waals surface area contributed by atoms with E-state index in [9.17, 15) is 13.2 Å². The molecule has 0 saturated heterocycles. The third-order valence-electron chi connectivity index (χ3n) is 0.895. The van der Waals surface area contributed by atoms with E-state index in [0.717, 1.165) is 0 Å². The minimum absolute atomic E-state index is 0.0299. The summed E-state index contributed by atoms with van der Waals surface area (Å²) in [5, 5.41) is 0.300. The summed E-state index contributed by atoms with van der Waals surface area (Å²) in [6, 6.07) is 0. The third kappa shape index (κ3) is 1.71. The van der Waals surface area contributed by atoms with Gasteiger partial charge < -0.3 is 0 Å². The molecule has 0 aromatic carbocycles. The molecule has 0 atom stereocenters. The van der Waals surface area contributed by atoms with Crippen molar-refractivity contribution in [2.24, 2.45) is 0 Å². The first kappa shape index (κ1) is 8.08. The van der Waals surface area contributed by atoms with Crippen LogP contribution < -0.4 is 0 Å². The van der Waals surface area contributed by atoms with E-state index in [1.807, 2.05) is 5.92 Å². The molecule has 0 saturated carbocycles. The number of halogens is 3. The summed E-state index contributed by atoms with van der Waals surface area (Å²) in [6.07, 6.45) is 0.458. The van der Waals surface area contributed by atoms with Crippen LogP contribution in [0, 0.1) is 12.3 Å². The van der Waals surface area contributed by atoms with Crippen LogP contribution in [0.1, 0.15) is 10.7 Å². The SMILES string of the molecule is C#Cc1csc(C(F)(F)F)n1. The van der Waals surface area contributed by atoms with Crippen LogP contribution in [0.5, 0.6) is 0 Å². The number of alkyl halides is 3. The van der Waals surface area contributed by atoms with Gasteiger partial charge in [-0.15, -0.1) is 17.8 Å². The second-order valence-corrected chi connectivity index (χ2v) is 2.54. The lowest BCUT2D eigenvalue weighted by atomic mass is 10.5. The molecule has 0 fully saturated rings. The summed E-state index contributed by atoms with van der Waals surface area (Å²) in [5.41, 5.74) is 0.0299. The molecule has 0 aliphatic heterocycles. The molecule has 11 heavy (non-hydrogen) atoms. The summed E-state index contributed by atoms with van der Waals surface area (Å²) in [7, 11) is 0. The Morgan fingerprint density at radius 1 is 1.55 bits per heavy atom. The molecule has 1 rings (SSSR count). The van der Waals surface area contributed by atoms with Gasteiger partial charge in [-0.2, -0.15) is 13.2 Å². The fraction of sp³-hybridized carbons (Fsp3) is 0.167. The minimum Gasteiger partial charge on any atom is -0.223 e. The lowest BCUT2D eigenvalue weighted by Gasteiger charge is -1.98. The molecule has 0 aliphatic rings. The van der Waals surface area contributed by atoms with Gasteiger partial charge in [0.2, 0.25) is 0 Å². The molecular formula is C6H2F3NS. The van der Waals surface area contributed by atoms with E-state index in [2.05, 4.69) is 4.98 Å². The number of terminal acetylenes is 1. The highest BCUT2D eigenvalue weighted by Crippen LogP contribution is 2.31. The fourth-order valence-corrected chi connectivity index (χ4v) is 1.10. The number of rotatable bonds is 0. The van der Waals surface area contributed by atoms with Crippen molar-refractivity contribution in [3.05, 3.63) is 16.1 Å². The second kappa shape index (κ2) is 2.55. The molecular weight excluding hydrogens is 175 g/mol. The Labute approximate surface area is 64.9 Å². The van der Waals surface area contributed by atoms with E-state index < -0.39 is 11.2 Å². The predicted octanol–water partition coefficient (Wildman–Crippen LogP) is 2.14. The standard InChI is InChI=1S/C6H2F3NS/c1-2-4-3-11-5(10-4)6(7,8)9/h1,3H. The normalized spacial score (nSPS) is 11.1. The first-order valence-electron chi connectivity index (χ1n) is 2.53. The summed E-state index contributed by atoms with van der Waals surface area (Å²) in [5.74, 6) is 2.02. The van der Waals surface area contributed by atoms with Crippen molar-refractivity contribution in [2.45, 2.75) is 6.18 Å². The van der Waals surface area contributed by atoms with E-state index in [1.54, 1.807) is 0 Å². The van der Waals surface area contributed by atoms with Crippen molar-refractivity contribution in [3.8, 4) is 12.3 Å². The van der Waals surface area contributed by atoms with Gasteiger partial charge in [0.05, 0.1) is 0 Å². The summed E-state index contributed by atoms with van der Waals surface area (Å²) >= 11 is 0.502. The molecule has 1 aromatic rings. The number of hydrogen-bond donors (Lipinski definition) is 0. The van der Waals surface area contributed by atoms with E-state index in [0.29, 0.717) is 11.3 Å². The first-order valence-corrected chi connectivity index (χ1v) is 3.41.